The number of piperidine rings is 1. The maximum absolute atomic E-state index is 11.4. The van der Waals surface area contributed by atoms with E-state index in [0.717, 1.165) is 13.0 Å². The van der Waals surface area contributed by atoms with Crippen LogP contribution in [0, 0.1) is 0 Å². The van der Waals surface area contributed by atoms with E-state index in [1.54, 1.807) is 0 Å². The van der Waals surface area contributed by atoms with Crippen molar-refractivity contribution in [3.05, 3.63) is 20.2 Å². The zero-order chi connectivity index (χ0) is 11.7. The minimum Gasteiger partial charge on any atom is -0.316 e. The van der Waals surface area contributed by atoms with Crippen molar-refractivity contribution in [1.29, 1.82) is 0 Å². The lowest BCUT2D eigenvalue weighted by Gasteiger charge is -2.31. The van der Waals surface area contributed by atoms with Gasteiger partial charge in [0.15, 0.2) is 0 Å². The summed E-state index contributed by atoms with van der Waals surface area (Å²) in [6.45, 7) is 3.65. The number of hydrogen-bond donors (Lipinski definition) is 1. The number of rotatable bonds is 2. The molecule has 1 aliphatic carbocycles. The number of nitrogens with one attached hydrogen (secondary N) is 1. The number of aromatic nitrogens is 1. The van der Waals surface area contributed by atoms with Crippen LogP contribution in [-0.2, 0) is 6.42 Å². The smallest absolute Gasteiger partial charge is 0.304 e. The van der Waals surface area contributed by atoms with Gasteiger partial charge in [0, 0.05) is 23.0 Å². The molecule has 0 radical (unpaired) electrons. The minimum atomic E-state index is 0. The maximum Gasteiger partial charge on any atom is 0.304 e. The van der Waals surface area contributed by atoms with Gasteiger partial charge in [-0.3, -0.25) is 4.79 Å². The Bertz CT molecular complexity index is 436. The molecule has 3 rings (SSSR count). The van der Waals surface area contributed by atoms with Crippen molar-refractivity contribution < 1.29 is 0 Å². The van der Waals surface area contributed by atoms with Gasteiger partial charge in [0.1, 0.15) is 0 Å². The molecule has 1 aliphatic heterocycles. The van der Waals surface area contributed by atoms with E-state index in [2.05, 4.69) is 9.88 Å². The van der Waals surface area contributed by atoms with Crippen molar-refractivity contribution in [1.82, 2.24) is 9.88 Å². The number of likely N-dealkylation sites (tertiary alicyclic amines) is 1. The second-order valence-corrected chi connectivity index (χ2v) is 6.37. The highest BCUT2D eigenvalue weighted by Gasteiger charge is 2.25. The second kappa shape index (κ2) is 6.35. The molecule has 0 aromatic carbocycles. The molecule has 1 aromatic rings. The summed E-state index contributed by atoms with van der Waals surface area (Å²) < 4.78 is 0. The molecule has 0 amide bonds. The molecule has 1 atom stereocenters. The van der Waals surface area contributed by atoms with Crippen LogP contribution in [0.25, 0.3) is 0 Å². The third kappa shape index (κ3) is 3.06. The van der Waals surface area contributed by atoms with Gasteiger partial charge in [-0.25, -0.2) is 0 Å². The molecule has 18 heavy (non-hydrogen) atoms. The summed E-state index contributed by atoms with van der Waals surface area (Å²) in [7, 11) is 0. The topological polar surface area (TPSA) is 36.1 Å². The molecule has 0 spiro atoms. The highest BCUT2D eigenvalue weighted by molar-refractivity contribution is 8.93. The van der Waals surface area contributed by atoms with Crippen LogP contribution >= 0.6 is 28.3 Å². The van der Waals surface area contributed by atoms with Gasteiger partial charge in [-0.15, -0.1) is 17.0 Å². The summed E-state index contributed by atoms with van der Waals surface area (Å²) in [5.41, 5.74) is 1.26. The van der Waals surface area contributed by atoms with Crippen LogP contribution < -0.4 is 4.87 Å². The standard InChI is InChI=1S/C13H20N2OS.BrH/c16-13-14-12-10(5-4-6-11(12)17-13)9-15-7-2-1-3-8-15;/h10H,1-9H2,(H,14,16);1H. The summed E-state index contributed by atoms with van der Waals surface area (Å²) in [4.78, 5) is 18.6. The quantitative estimate of drug-likeness (QED) is 0.903. The number of hydrogen-bond acceptors (Lipinski definition) is 3. The summed E-state index contributed by atoms with van der Waals surface area (Å²) in [5.74, 6) is 0.579. The number of nitrogens with zero attached hydrogens (tertiary/aromatic N) is 1. The number of thiazole rings is 1. The molecule has 1 fully saturated rings. The summed E-state index contributed by atoms with van der Waals surface area (Å²) in [5, 5.41) is 0. The van der Waals surface area contributed by atoms with Crippen LogP contribution in [0.4, 0.5) is 0 Å². The average Bonchev–Trinajstić information content (AvgIpc) is 2.72. The fourth-order valence-electron chi connectivity index (χ4n) is 3.18. The first kappa shape index (κ1) is 14.3. The van der Waals surface area contributed by atoms with Crippen molar-refractivity contribution in [3.8, 4) is 0 Å². The van der Waals surface area contributed by atoms with Gasteiger partial charge >= 0.3 is 4.87 Å². The normalized spacial score (nSPS) is 24.3. The minimum absolute atomic E-state index is 0. The Morgan fingerprint density at radius 1 is 1.22 bits per heavy atom. The summed E-state index contributed by atoms with van der Waals surface area (Å²) in [6.07, 6.45) is 7.69. The first-order valence-corrected chi connectivity index (χ1v) is 7.59. The van der Waals surface area contributed by atoms with Gasteiger partial charge in [0.2, 0.25) is 0 Å². The van der Waals surface area contributed by atoms with Crippen LogP contribution in [0.15, 0.2) is 4.79 Å². The third-order valence-corrected chi connectivity index (χ3v) is 5.00. The van der Waals surface area contributed by atoms with E-state index < -0.39 is 0 Å². The lowest BCUT2D eigenvalue weighted by molar-refractivity contribution is 0.208. The van der Waals surface area contributed by atoms with Crippen molar-refractivity contribution >= 4 is 28.3 Å². The van der Waals surface area contributed by atoms with Gasteiger partial charge in [0.05, 0.1) is 0 Å². The van der Waals surface area contributed by atoms with E-state index in [0.29, 0.717) is 5.92 Å². The molecule has 5 heteroatoms. The third-order valence-electron chi connectivity index (χ3n) is 4.04. The van der Waals surface area contributed by atoms with Gasteiger partial charge < -0.3 is 9.88 Å². The number of H-pyrrole nitrogens is 1. The molecule has 2 heterocycles. The first-order valence-electron chi connectivity index (χ1n) is 6.77. The number of halogens is 1. The largest absolute Gasteiger partial charge is 0.316 e. The van der Waals surface area contributed by atoms with Crippen molar-refractivity contribution in [2.24, 2.45) is 0 Å². The average molecular weight is 333 g/mol. The van der Waals surface area contributed by atoms with Crippen molar-refractivity contribution in [2.45, 2.75) is 44.4 Å². The van der Waals surface area contributed by atoms with Gasteiger partial charge in [0.25, 0.3) is 0 Å². The Hall–Kier alpha value is -0.130. The Labute approximate surface area is 122 Å². The van der Waals surface area contributed by atoms with Gasteiger partial charge in [-0.2, -0.15) is 0 Å². The lowest BCUT2D eigenvalue weighted by Crippen LogP contribution is -2.34. The van der Waals surface area contributed by atoms with E-state index in [-0.39, 0.29) is 21.9 Å². The molecule has 1 aromatic heterocycles. The predicted molar refractivity (Wildman–Crippen MR) is 81.2 cm³/mol. The van der Waals surface area contributed by atoms with Crippen LogP contribution in [0.3, 0.4) is 0 Å². The molecule has 1 saturated heterocycles. The van der Waals surface area contributed by atoms with E-state index >= 15 is 0 Å². The fourth-order valence-corrected chi connectivity index (χ4v) is 4.14. The molecule has 3 nitrogen and oxygen atoms in total. The zero-order valence-electron chi connectivity index (χ0n) is 10.6. The second-order valence-electron chi connectivity index (χ2n) is 5.30. The van der Waals surface area contributed by atoms with E-state index in [4.69, 9.17) is 0 Å². The number of aryl methyl sites for hydroxylation is 1. The first-order chi connectivity index (χ1) is 8.33. The van der Waals surface area contributed by atoms with Crippen molar-refractivity contribution in [3.63, 3.8) is 0 Å². The molecule has 0 bridgehead atoms. The van der Waals surface area contributed by atoms with Crippen LogP contribution in [0.5, 0.6) is 0 Å². The maximum atomic E-state index is 11.4. The van der Waals surface area contributed by atoms with Crippen molar-refractivity contribution in [2.75, 3.05) is 19.6 Å². The van der Waals surface area contributed by atoms with E-state index in [9.17, 15) is 4.79 Å². The molecule has 102 valence electrons. The Morgan fingerprint density at radius 3 is 2.78 bits per heavy atom. The van der Waals surface area contributed by atoms with Crippen LogP contribution in [0.1, 0.15) is 48.6 Å². The Balaban J connectivity index is 0.00000120. The predicted octanol–water partition coefficient (Wildman–Crippen LogP) is 2.92. The molecule has 2 aliphatic rings. The Kier molecular flexibility index (Phi) is 5.04. The molecular weight excluding hydrogens is 312 g/mol. The number of fused-ring (bicyclic) bond motifs is 1. The molecule has 0 saturated carbocycles. The summed E-state index contributed by atoms with van der Waals surface area (Å²) in [6, 6.07) is 0. The SMILES string of the molecule is Br.O=c1[nH]c2c(s1)CCCC2CN1CCCCC1. The zero-order valence-corrected chi connectivity index (χ0v) is 13.1. The molecule has 1 unspecified atom stereocenters. The molecule has 1 N–H and O–H groups in total. The number of aromatic amines is 1. The highest BCUT2D eigenvalue weighted by atomic mass is 79.9. The molecular formula is C13H21BrN2OS. The van der Waals surface area contributed by atoms with E-state index in [1.165, 1.54) is 67.1 Å². The van der Waals surface area contributed by atoms with Crippen LogP contribution in [-0.4, -0.2) is 29.5 Å². The Morgan fingerprint density at radius 2 is 2.00 bits per heavy atom. The monoisotopic (exact) mass is 332 g/mol. The highest BCUT2D eigenvalue weighted by Crippen LogP contribution is 2.32. The summed E-state index contributed by atoms with van der Waals surface area (Å²) >= 11 is 1.43. The van der Waals surface area contributed by atoms with Gasteiger partial charge in [-0.1, -0.05) is 17.8 Å². The van der Waals surface area contributed by atoms with Crippen LogP contribution in [0.2, 0.25) is 0 Å². The fraction of sp³-hybridized carbons (Fsp3) is 0.769. The lowest BCUT2D eigenvalue weighted by atomic mass is 9.90. The van der Waals surface area contributed by atoms with Gasteiger partial charge in [-0.05, 0) is 45.2 Å². The van der Waals surface area contributed by atoms with E-state index in [1.807, 2.05) is 0 Å².